The van der Waals surface area contributed by atoms with Crippen LogP contribution < -0.4 is 9.62 Å². The number of hydrogen-bond donors (Lipinski definition) is 1. The van der Waals surface area contributed by atoms with E-state index in [-0.39, 0.29) is 24.9 Å². The quantitative estimate of drug-likeness (QED) is 0.658. The number of carbonyl (C=O) groups is 1. The Morgan fingerprint density at radius 2 is 1.69 bits per heavy atom. The monoisotopic (exact) mass is 416 g/mol. The van der Waals surface area contributed by atoms with E-state index in [2.05, 4.69) is 5.32 Å². The van der Waals surface area contributed by atoms with Crippen LogP contribution in [0.4, 0.5) is 5.69 Å². The number of nitrogens with zero attached hydrogens (tertiary/aromatic N) is 1. The number of anilines is 1. The van der Waals surface area contributed by atoms with Gasteiger partial charge in [0.15, 0.2) is 0 Å². The predicted octanol–water partition coefficient (Wildman–Crippen LogP) is 4.43. The molecule has 0 aliphatic rings. The molecule has 2 aromatic carbocycles. The lowest BCUT2D eigenvalue weighted by Crippen LogP contribution is -2.33. The van der Waals surface area contributed by atoms with Crippen molar-refractivity contribution in [3.63, 3.8) is 0 Å². The molecule has 0 aliphatic carbocycles. The van der Waals surface area contributed by atoms with Crippen LogP contribution in [-0.4, -0.2) is 27.1 Å². The van der Waals surface area contributed by atoms with E-state index in [9.17, 15) is 13.2 Å². The average molecular weight is 417 g/mol. The Bertz CT molecular complexity index is 934. The molecule has 0 saturated carbocycles. The van der Waals surface area contributed by atoms with Crippen molar-refractivity contribution < 1.29 is 13.2 Å². The Balaban J connectivity index is 2.02. The lowest BCUT2D eigenvalue weighted by Gasteiger charge is -2.24. The molecule has 0 radical (unpaired) electrons. The fourth-order valence-corrected chi connectivity index (χ4v) is 4.56. The highest BCUT2D eigenvalue weighted by Gasteiger charge is 2.19. The second-order valence-corrected chi connectivity index (χ2v) is 9.58. The number of nitrogens with one attached hydrogen (secondary N) is 1. The van der Waals surface area contributed by atoms with Gasteiger partial charge in [-0.25, -0.2) is 8.42 Å². The van der Waals surface area contributed by atoms with Crippen LogP contribution in [0.3, 0.4) is 0 Å². The SMILES string of the molecule is CC[C@@H](NC(=O)CCCN(c1cc(C)cc(C)c1)S(C)(=O)=O)c1ccccc1C. The summed E-state index contributed by atoms with van der Waals surface area (Å²) in [4.78, 5) is 12.5. The van der Waals surface area contributed by atoms with Crippen LogP contribution in [0.5, 0.6) is 0 Å². The first-order valence-electron chi connectivity index (χ1n) is 10.0. The molecule has 1 atom stereocenters. The molecule has 158 valence electrons. The summed E-state index contributed by atoms with van der Waals surface area (Å²) < 4.78 is 26.0. The van der Waals surface area contributed by atoms with Gasteiger partial charge in [0.1, 0.15) is 0 Å². The maximum atomic E-state index is 12.5. The van der Waals surface area contributed by atoms with E-state index in [0.717, 1.165) is 28.7 Å². The fourth-order valence-electron chi connectivity index (χ4n) is 3.61. The summed E-state index contributed by atoms with van der Waals surface area (Å²) in [6.45, 7) is 8.25. The van der Waals surface area contributed by atoms with Gasteiger partial charge in [0, 0.05) is 13.0 Å². The minimum absolute atomic E-state index is 0.0332. The van der Waals surface area contributed by atoms with E-state index in [1.54, 1.807) is 0 Å². The lowest BCUT2D eigenvalue weighted by molar-refractivity contribution is -0.121. The van der Waals surface area contributed by atoms with Crippen LogP contribution in [-0.2, 0) is 14.8 Å². The zero-order valence-corrected chi connectivity index (χ0v) is 18.8. The smallest absolute Gasteiger partial charge is 0.232 e. The van der Waals surface area contributed by atoms with Crippen molar-refractivity contribution >= 4 is 21.6 Å². The summed E-state index contributed by atoms with van der Waals surface area (Å²) in [5.74, 6) is -0.0611. The van der Waals surface area contributed by atoms with Crippen molar-refractivity contribution in [1.82, 2.24) is 5.32 Å². The minimum atomic E-state index is -3.42. The molecule has 5 nitrogen and oxygen atoms in total. The zero-order chi connectivity index (χ0) is 21.6. The van der Waals surface area contributed by atoms with Crippen LogP contribution in [0.25, 0.3) is 0 Å². The normalized spacial score (nSPS) is 12.4. The lowest BCUT2D eigenvalue weighted by atomic mass is 9.99. The van der Waals surface area contributed by atoms with Gasteiger partial charge in [-0.3, -0.25) is 9.10 Å². The van der Waals surface area contributed by atoms with Gasteiger partial charge in [0.2, 0.25) is 15.9 Å². The van der Waals surface area contributed by atoms with Crippen LogP contribution in [0.2, 0.25) is 0 Å². The first-order valence-corrected chi connectivity index (χ1v) is 11.9. The van der Waals surface area contributed by atoms with E-state index in [1.807, 2.05) is 70.2 Å². The first kappa shape index (κ1) is 22.9. The highest BCUT2D eigenvalue weighted by molar-refractivity contribution is 7.92. The van der Waals surface area contributed by atoms with Gasteiger partial charge in [-0.05, 0) is 68.0 Å². The summed E-state index contributed by atoms with van der Waals surface area (Å²) in [5, 5.41) is 3.09. The number of carbonyl (C=O) groups excluding carboxylic acids is 1. The van der Waals surface area contributed by atoms with Crippen molar-refractivity contribution in [2.75, 3.05) is 17.1 Å². The maximum Gasteiger partial charge on any atom is 0.232 e. The van der Waals surface area contributed by atoms with Gasteiger partial charge in [0.25, 0.3) is 0 Å². The predicted molar refractivity (Wildman–Crippen MR) is 120 cm³/mol. The molecule has 0 bridgehead atoms. The molecule has 29 heavy (non-hydrogen) atoms. The fraction of sp³-hybridized carbons (Fsp3) is 0.435. The highest BCUT2D eigenvalue weighted by Crippen LogP contribution is 2.23. The standard InChI is InChI=1S/C23H32N2O3S/c1-6-22(21-11-8-7-10-19(21)4)24-23(26)12-9-13-25(29(5,27)28)20-15-17(2)14-18(3)16-20/h7-8,10-11,14-16,22H,6,9,12-13H2,1-5H3,(H,24,26)/t22-/m1/s1. The number of rotatable bonds is 9. The zero-order valence-electron chi connectivity index (χ0n) is 18.0. The highest BCUT2D eigenvalue weighted by atomic mass is 32.2. The van der Waals surface area contributed by atoms with Crippen molar-refractivity contribution in [2.24, 2.45) is 0 Å². The minimum Gasteiger partial charge on any atom is -0.349 e. The molecule has 0 fully saturated rings. The molecule has 0 aromatic heterocycles. The summed E-state index contributed by atoms with van der Waals surface area (Å²) >= 11 is 0. The topological polar surface area (TPSA) is 66.5 Å². The van der Waals surface area contributed by atoms with E-state index in [0.29, 0.717) is 12.1 Å². The second kappa shape index (κ2) is 9.92. The first-order chi connectivity index (χ1) is 13.6. The number of amides is 1. The van der Waals surface area contributed by atoms with Gasteiger partial charge >= 0.3 is 0 Å². The van der Waals surface area contributed by atoms with Gasteiger partial charge in [-0.15, -0.1) is 0 Å². The Morgan fingerprint density at radius 3 is 2.24 bits per heavy atom. The molecule has 1 amide bonds. The van der Waals surface area contributed by atoms with Crippen LogP contribution in [0.15, 0.2) is 42.5 Å². The molecule has 0 spiro atoms. The van der Waals surface area contributed by atoms with Crippen molar-refractivity contribution in [3.05, 3.63) is 64.7 Å². The molecular formula is C23H32N2O3S. The van der Waals surface area contributed by atoms with Crippen LogP contribution in [0, 0.1) is 20.8 Å². The largest absolute Gasteiger partial charge is 0.349 e. The summed E-state index contributed by atoms with van der Waals surface area (Å²) in [7, 11) is -3.42. The Hall–Kier alpha value is -2.34. The van der Waals surface area contributed by atoms with Crippen LogP contribution in [0.1, 0.15) is 54.5 Å². The number of sulfonamides is 1. The summed E-state index contributed by atoms with van der Waals surface area (Å²) in [6, 6.07) is 13.7. The van der Waals surface area contributed by atoms with Gasteiger partial charge in [-0.2, -0.15) is 0 Å². The Morgan fingerprint density at radius 1 is 1.07 bits per heavy atom. The molecule has 2 aromatic rings. The molecule has 0 unspecified atom stereocenters. The Labute approximate surface area is 175 Å². The Kier molecular flexibility index (Phi) is 7.85. The molecule has 0 saturated heterocycles. The van der Waals surface area contributed by atoms with Crippen LogP contribution >= 0.6 is 0 Å². The van der Waals surface area contributed by atoms with E-state index in [4.69, 9.17) is 0 Å². The third-order valence-electron chi connectivity index (χ3n) is 4.97. The van der Waals surface area contributed by atoms with Crippen molar-refractivity contribution in [1.29, 1.82) is 0 Å². The maximum absolute atomic E-state index is 12.5. The third kappa shape index (κ3) is 6.60. The molecule has 0 heterocycles. The summed E-state index contributed by atoms with van der Waals surface area (Å²) in [5.41, 5.74) is 4.94. The van der Waals surface area contributed by atoms with E-state index in [1.165, 1.54) is 10.6 Å². The van der Waals surface area contributed by atoms with E-state index >= 15 is 0 Å². The molecule has 1 N–H and O–H groups in total. The van der Waals surface area contributed by atoms with Gasteiger partial charge < -0.3 is 5.32 Å². The van der Waals surface area contributed by atoms with Gasteiger partial charge in [0.05, 0.1) is 18.0 Å². The van der Waals surface area contributed by atoms with E-state index < -0.39 is 10.0 Å². The molecule has 0 aliphatic heterocycles. The molecular weight excluding hydrogens is 384 g/mol. The number of benzene rings is 2. The molecule has 6 heteroatoms. The number of hydrogen-bond acceptors (Lipinski definition) is 3. The second-order valence-electron chi connectivity index (χ2n) is 7.67. The molecule has 2 rings (SSSR count). The third-order valence-corrected chi connectivity index (χ3v) is 6.16. The van der Waals surface area contributed by atoms with Gasteiger partial charge in [-0.1, -0.05) is 37.3 Å². The van der Waals surface area contributed by atoms with Crippen molar-refractivity contribution in [2.45, 2.75) is 53.0 Å². The summed E-state index contributed by atoms with van der Waals surface area (Å²) in [6.07, 6.45) is 2.74. The average Bonchev–Trinajstić information content (AvgIpc) is 2.62. The van der Waals surface area contributed by atoms with Crippen molar-refractivity contribution in [3.8, 4) is 0 Å². The number of aryl methyl sites for hydroxylation is 3.